The third kappa shape index (κ3) is 2.96. The molecule has 18 heavy (non-hydrogen) atoms. The van der Waals surface area contributed by atoms with Crippen LogP contribution in [0.15, 0.2) is 31.8 Å². The summed E-state index contributed by atoms with van der Waals surface area (Å²) in [5.74, 6) is -1.99. The highest BCUT2D eigenvalue weighted by atomic mass is 79.9. The van der Waals surface area contributed by atoms with Gasteiger partial charge in [-0.25, -0.2) is 8.78 Å². The average molecular weight is 397 g/mol. The van der Waals surface area contributed by atoms with E-state index in [1.165, 1.54) is 17.4 Å². The molecule has 1 amide bonds. The Morgan fingerprint density at radius 2 is 1.89 bits per heavy atom. The molecule has 94 valence electrons. The Kier molecular flexibility index (Phi) is 4.14. The zero-order chi connectivity index (χ0) is 13.3. The van der Waals surface area contributed by atoms with Gasteiger partial charge in [-0.1, -0.05) is 0 Å². The predicted octanol–water partition coefficient (Wildman–Crippen LogP) is 4.80. The molecule has 0 aliphatic carbocycles. The molecule has 0 fully saturated rings. The minimum absolute atomic E-state index is 0.0735. The second kappa shape index (κ2) is 5.46. The lowest BCUT2D eigenvalue weighted by molar-refractivity contribution is 0.102. The summed E-state index contributed by atoms with van der Waals surface area (Å²) in [6.45, 7) is 0. The fourth-order valence-corrected chi connectivity index (χ4v) is 2.72. The summed E-state index contributed by atoms with van der Waals surface area (Å²) in [6, 6.07) is 3.52. The monoisotopic (exact) mass is 395 g/mol. The Morgan fingerprint density at radius 1 is 1.17 bits per heavy atom. The lowest BCUT2D eigenvalue weighted by Crippen LogP contribution is -2.12. The van der Waals surface area contributed by atoms with Crippen LogP contribution < -0.4 is 5.32 Å². The number of halogens is 4. The van der Waals surface area contributed by atoms with Crippen molar-refractivity contribution in [2.75, 3.05) is 5.32 Å². The zero-order valence-corrected chi connectivity index (χ0v) is 12.6. The van der Waals surface area contributed by atoms with Gasteiger partial charge in [0, 0.05) is 11.4 Å². The summed E-state index contributed by atoms with van der Waals surface area (Å²) in [6.07, 6.45) is 0. The molecule has 0 radical (unpaired) electrons. The number of carbonyl (C=O) groups is 1. The molecule has 1 N–H and O–H groups in total. The van der Waals surface area contributed by atoms with Crippen LogP contribution in [0.5, 0.6) is 0 Å². The van der Waals surface area contributed by atoms with E-state index < -0.39 is 17.5 Å². The quantitative estimate of drug-likeness (QED) is 0.725. The number of hydrogen-bond donors (Lipinski definition) is 1. The fraction of sp³-hybridized carbons (Fsp3) is 0. The van der Waals surface area contributed by atoms with Crippen LogP contribution in [0.3, 0.4) is 0 Å². The van der Waals surface area contributed by atoms with Crippen molar-refractivity contribution in [2.45, 2.75) is 0 Å². The first-order valence-electron chi connectivity index (χ1n) is 4.67. The smallest absolute Gasteiger partial charge is 0.256 e. The minimum atomic E-state index is -0.821. The Labute approximate surface area is 122 Å². The van der Waals surface area contributed by atoms with Gasteiger partial charge in [-0.2, -0.15) is 0 Å². The molecule has 0 aliphatic heterocycles. The Hall–Kier alpha value is -0.790. The molecule has 2 aromatic rings. The highest BCUT2D eigenvalue weighted by molar-refractivity contribution is 9.11. The molecule has 1 aromatic heterocycles. The van der Waals surface area contributed by atoms with Crippen molar-refractivity contribution < 1.29 is 13.6 Å². The Morgan fingerprint density at radius 3 is 2.50 bits per heavy atom. The molecule has 0 saturated carbocycles. The van der Waals surface area contributed by atoms with Crippen molar-refractivity contribution in [3.05, 3.63) is 49.0 Å². The van der Waals surface area contributed by atoms with Crippen LogP contribution in [0.1, 0.15) is 10.4 Å². The number of rotatable bonds is 2. The average Bonchev–Trinajstić information content (AvgIpc) is 2.73. The standard InChI is InChI=1S/C11H5Br2F2NOS/c12-6-2-9(8(15)3-7(6)14)16-11(17)5-1-10(13)18-4-5/h1-4H,(H,16,17). The van der Waals surface area contributed by atoms with E-state index in [0.717, 1.165) is 3.79 Å². The lowest BCUT2D eigenvalue weighted by Gasteiger charge is -2.06. The third-order valence-corrected chi connectivity index (χ3v) is 4.20. The van der Waals surface area contributed by atoms with E-state index in [-0.39, 0.29) is 10.2 Å². The molecular weight excluding hydrogens is 392 g/mol. The van der Waals surface area contributed by atoms with Gasteiger partial charge in [-0.15, -0.1) is 11.3 Å². The van der Waals surface area contributed by atoms with Gasteiger partial charge in [0.05, 0.1) is 19.5 Å². The summed E-state index contributed by atoms with van der Waals surface area (Å²) in [5, 5.41) is 4.02. The van der Waals surface area contributed by atoms with E-state index in [4.69, 9.17) is 0 Å². The van der Waals surface area contributed by atoms with Gasteiger partial charge in [0.1, 0.15) is 11.6 Å². The number of hydrogen-bond acceptors (Lipinski definition) is 2. The van der Waals surface area contributed by atoms with Gasteiger partial charge >= 0.3 is 0 Å². The van der Waals surface area contributed by atoms with E-state index in [9.17, 15) is 13.6 Å². The first-order chi connectivity index (χ1) is 8.47. The maximum atomic E-state index is 13.4. The van der Waals surface area contributed by atoms with E-state index in [1.54, 1.807) is 11.4 Å². The van der Waals surface area contributed by atoms with Crippen LogP contribution in [-0.4, -0.2) is 5.91 Å². The number of anilines is 1. The number of nitrogens with one attached hydrogen (secondary N) is 1. The molecule has 0 spiro atoms. The van der Waals surface area contributed by atoms with Gasteiger partial charge in [-0.05, 0) is 44.0 Å². The molecule has 0 atom stereocenters. The second-order valence-corrected chi connectivity index (χ2v) is 6.48. The van der Waals surface area contributed by atoms with E-state index in [2.05, 4.69) is 37.2 Å². The molecule has 0 unspecified atom stereocenters. The zero-order valence-electron chi connectivity index (χ0n) is 8.64. The van der Waals surface area contributed by atoms with Crippen molar-refractivity contribution in [3.63, 3.8) is 0 Å². The van der Waals surface area contributed by atoms with Gasteiger partial charge in [0.2, 0.25) is 0 Å². The highest BCUT2D eigenvalue weighted by Gasteiger charge is 2.13. The third-order valence-electron chi connectivity index (χ3n) is 2.09. The van der Waals surface area contributed by atoms with Crippen LogP contribution in [0.2, 0.25) is 0 Å². The maximum Gasteiger partial charge on any atom is 0.256 e. The first kappa shape index (κ1) is 13.6. The Bertz CT molecular complexity index is 615. The van der Waals surface area contributed by atoms with Crippen molar-refractivity contribution in [2.24, 2.45) is 0 Å². The van der Waals surface area contributed by atoms with Crippen LogP contribution in [-0.2, 0) is 0 Å². The van der Waals surface area contributed by atoms with Crippen LogP contribution in [0, 0.1) is 11.6 Å². The van der Waals surface area contributed by atoms with Crippen LogP contribution in [0.4, 0.5) is 14.5 Å². The molecule has 2 rings (SSSR count). The summed E-state index contributed by atoms with van der Waals surface area (Å²) in [4.78, 5) is 11.8. The van der Waals surface area contributed by atoms with E-state index in [1.807, 2.05) is 0 Å². The topological polar surface area (TPSA) is 29.1 Å². The second-order valence-electron chi connectivity index (χ2n) is 3.34. The summed E-state index contributed by atoms with van der Waals surface area (Å²) < 4.78 is 27.3. The molecule has 0 bridgehead atoms. The first-order valence-corrected chi connectivity index (χ1v) is 7.14. The van der Waals surface area contributed by atoms with Crippen molar-refractivity contribution in [1.82, 2.24) is 0 Å². The minimum Gasteiger partial charge on any atom is -0.319 e. The Balaban J connectivity index is 2.24. The fourth-order valence-electron chi connectivity index (χ4n) is 1.24. The number of benzene rings is 1. The van der Waals surface area contributed by atoms with Crippen LogP contribution >= 0.6 is 43.2 Å². The summed E-state index contributed by atoms with van der Waals surface area (Å²) >= 11 is 7.51. The summed E-state index contributed by atoms with van der Waals surface area (Å²) in [7, 11) is 0. The molecular formula is C11H5Br2F2NOS. The molecule has 0 saturated heterocycles. The normalized spacial score (nSPS) is 10.4. The number of amides is 1. The van der Waals surface area contributed by atoms with Crippen molar-refractivity contribution in [1.29, 1.82) is 0 Å². The highest BCUT2D eigenvalue weighted by Crippen LogP contribution is 2.25. The van der Waals surface area contributed by atoms with Crippen molar-refractivity contribution in [3.8, 4) is 0 Å². The van der Waals surface area contributed by atoms with Gasteiger partial charge < -0.3 is 5.32 Å². The molecule has 1 aromatic carbocycles. The maximum absolute atomic E-state index is 13.4. The van der Waals surface area contributed by atoms with E-state index in [0.29, 0.717) is 11.6 Å². The van der Waals surface area contributed by atoms with E-state index >= 15 is 0 Å². The number of carbonyl (C=O) groups excluding carboxylic acids is 1. The molecule has 0 aliphatic rings. The molecule has 2 nitrogen and oxygen atoms in total. The number of thiophene rings is 1. The largest absolute Gasteiger partial charge is 0.319 e. The van der Waals surface area contributed by atoms with Gasteiger partial charge in [0.15, 0.2) is 0 Å². The molecule has 7 heteroatoms. The van der Waals surface area contributed by atoms with Gasteiger partial charge in [0.25, 0.3) is 5.91 Å². The van der Waals surface area contributed by atoms with Crippen LogP contribution in [0.25, 0.3) is 0 Å². The summed E-state index contributed by atoms with van der Waals surface area (Å²) in [5.41, 5.74) is 0.335. The predicted molar refractivity (Wildman–Crippen MR) is 74.0 cm³/mol. The van der Waals surface area contributed by atoms with Crippen molar-refractivity contribution >= 4 is 54.8 Å². The SMILES string of the molecule is O=C(Nc1cc(Br)c(F)cc1F)c1csc(Br)c1. The molecule has 1 heterocycles. The lowest BCUT2D eigenvalue weighted by atomic mass is 10.2. The van der Waals surface area contributed by atoms with Gasteiger partial charge in [-0.3, -0.25) is 4.79 Å².